The smallest absolute Gasteiger partial charge is 0.123 e. The first-order chi connectivity index (χ1) is 9.63. The topological polar surface area (TPSA) is 35.5 Å². The molecule has 0 bridgehead atoms. The molecule has 4 heteroatoms. The molecule has 0 aliphatic carbocycles. The maximum absolute atomic E-state index is 13.3. The van der Waals surface area contributed by atoms with Crippen LogP contribution in [0, 0.1) is 5.82 Å². The number of halogens is 1. The van der Waals surface area contributed by atoms with Gasteiger partial charge in [-0.3, -0.25) is 0 Å². The lowest BCUT2D eigenvalue weighted by Crippen LogP contribution is -2.46. The Morgan fingerprint density at radius 3 is 3.05 bits per heavy atom. The van der Waals surface area contributed by atoms with E-state index in [1.165, 1.54) is 44.0 Å². The maximum atomic E-state index is 13.3. The Labute approximate surface area is 119 Å². The van der Waals surface area contributed by atoms with E-state index in [1.54, 1.807) is 0 Å². The van der Waals surface area contributed by atoms with Gasteiger partial charge < -0.3 is 15.3 Å². The van der Waals surface area contributed by atoms with Gasteiger partial charge in [0.1, 0.15) is 11.6 Å². The summed E-state index contributed by atoms with van der Waals surface area (Å²) in [6.07, 6.45) is 4.92. The molecule has 2 aliphatic heterocycles. The van der Waals surface area contributed by atoms with E-state index < -0.39 is 0 Å². The molecule has 0 radical (unpaired) electrons. The highest BCUT2D eigenvalue weighted by atomic mass is 19.1. The minimum atomic E-state index is -0.294. The summed E-state index contributed by atoms with van der Waals surface area (Å²) in [4.78, 5) is 2.59. The fourth-order valence-electron chi connectivity index (χ4n) is 3.69. The predicted octanol–water partition coefficient (Wildman–Crippen LogP) is 2.81. The van der Waals surface area contributed by atoms with Gasteiger partial charge in [-0.15, -0.1) is 0 Å². The highest BCUT2D eigenvalue weighted by Crippen LogP contribution is 2.30. The van der Waals surface area contributed by atoms with Crippen LogP contribution in [0.3, 0.4) is 0 Å². The van der Waals surface area contributed by atoms with Crippen molar-refractivity contribution in [3.05, 3.63) is 29.6 Å². The van der Waals surface area contributed by atoms with Gasteiger partial charge in [0.2, 0.25) is 0 Å². The average molecular weight is 278 g/mol. The molecule has 3 unspecified atom stereocenters. The van der Waals surface area contributed by atoms with Gasteiger partial charge in [0.25, 0.3) is 0 Å². The van der Waals surface area contributed by atoms with Gasteiger partial charge in [-0.1, -0.05) is 0 Å². The molecule has 3 rings (SSSR count). The fourth-order valence-corrected chi connectivity index (χ4v) is 3.69. The van der Waals surface area contributed by atoms with Gasteiger partial charge in [0.15, 0.2) is 0 Å². The van der Waals surface area contributed by atoms with Crippen LogP contribution in [0.5, 0.6) is 5.75 Å². The second-order valence-corrected chi connectivity index (χ2v) is 6.14. The molecule has 0 aromatic heterocycles. The molecule has 20 heavy (non-hydrogen) atoms. The number of benzene rings is 1. The number of nitrogens with one attached hydrogen (secondary N) is 1. The van der Waals surface area contributed by atoms with Gasteiger partial charge in [-0.2, -0.15) is 0 Å². The molecule has 2 aliphatic rings. The Hall–Kier alpha value is -1.13. The summed E-state index contributed by atoms with van der Waals surface area (Å²) in [5.74, 6) is -0.123. The van der Waals surface area contributed by atoms with Gasteiger partial charge in [-0.05, 0) is 63.9 Å². The molecule has 2 saturated heterocycles. The molecule has 110 valence electrons. The summed E-state index contributed by atoms with van der Waals surface area (Å²) in [6.45, 7) is 4.40. The number of hydrogen-bond donors (Lipinski definition) is 2. The summed E-state index contributed by atoms with van der Waals surface area (Å²) in [6, 6.07) is 5.31. The molecule has 3 nitrogen and oxygen atoms in total. The van der Waals surface area contributed by atoms with E-state index in [0.717, 1.165) is 19.0 Å². The molecule has 0 amide bonds. The van der Waals surface area contributed by atoms with Crippen LogP contribution in [-0.2, 0) is 0 Å². The van der Waals surface area contributed by atoms with Crippen molar-refractivity contribution in [1.82, 2.24) is 10.2 Å². The maximum Gasteiger partial charge on any atom is 0.123 e. The van der Waals surface area contributed by atoms with E-state index >= 15 is 0 Å². The standard InChI is InChI=1S/C16H23FN2O/c1-11(15-9-12(17)4-5-16(15)20)18-13-6-8-19-7-2-3-14(19)10-13/h4-5,9,11,13-14,18,20H,2-3,6-8,10H2,1H3. The van der Waals surface area contributed by atoms with Crippen molar-refractivity contribution >= 4 is 0 Å². The van der Waals surface area contributed by atoms with Crippen molar-refractivity contribution < 1.29 is 9.50 Å². The van der Waals surface area contributed by atoms with Crippen LogP contribution in [0.2, 0.25) is 0 Å². The molecule has 1 aromatic rings. The third kappa shape index (κ3) is 2.81. The number of rotatable bonds is 3. The molecule has 2 fully saturated rings. The summed E-state index contributed by atoms with van der Waals surface area (Å²) in [7, 11) is 0. The normalized spacial score (nSPS) is 28.3. The molecule has 2 N–H and O–H groups in total. The zero-order valence-corrected chi connectivity index (χ0v) is 12.0. The molecule has 0 spiro atoms. The molecule has 3 atom stereocenters. The first kappa shape index (κ1) is 13.8. The predicted molar refractivity (Wildman–Crippen MR) is 77.2 cm³/mol. The summed E-state index contributed by atoms with van der Waals surface area (Å²) < 4.78 is 13.3. The van der Waals surface area contributed by atoms with Gasteiger partial charge in [0.05, 0.1) is 0 Å². The number of piperidine rings is 1. The SMILES string of the molecule is CC(NC1CCN2CCCC2C1)c1cc(F)ccc1O. The Balaban J connectivity index is 1.64. The van der Waals surface area contributed by atoms with Crippen molar-refractivity contribution in [2.24, 2.45) is 0 Å². The second kappa shape index (κ2) is 5.70. The second-order valence-electron chi connectivity index (χ2n) is 6.14. The van der Waals surface area contributed by atoms with Crippen LogP contribution >= 0.6 is 0 Å². The van der Waals surface area contributed by atoms with Crippen LogP contribution < -0.4 is 5.32 Å². The summed E-state index contributed by atoms with van der Waals surface area (Å²) >= 11 is 0. The van der Waals surface area contributed by atoms with Crippen molar-refractivity contribution in [2.75, 3.05) is 13.1 Å². The zero-order valence-electron chi connectivity index (χ0n) is 12.0. The quantitative estimate of drug-likeness (QED) is 0.892. The van der Waals surface area contributed by atoms with Crippen LogP contribution in [-0.4, -0.2) is 35.2 Å². The highest BCUT2D eigenvalue weighted by molar-refractivity contribution is 5.34. The number of hydrogen-bond acceptors (Lipinski definition) is 3. The monoisotopic (exact) mass is 278 g/mol. The minimum Gasteiger partial charge on any atom is -0.508 e. The number of nitrogens with zero attached hydrogens (tertiary/aromatic N) is 1. The molecule has 1 aromatic carbocycles. The van der Waals surface area contributed by atoms with Gasteiger partial charge in [0, 0.05) is 23.7 Å². The third-order valence-corrected chi connectivity index (χ3v) is 4.76. The average Bonchev–Trinajstić information content (AvgIpc) is 2.89. The van der Waals surface area contributed by atoms with E-state index in [0.29, 0.717) is 11.6 Å². The van der Waals surface area contributed by atoms with Crippen molar-refractivity contribution in [1.29, 1.82) is 0 Å². The summed E-state index contributed by atoms with van der Waals surface area (Å²) in [5.41, 5.74) is 0.652. The number of fused-ring (bicyclic) bond motifs is 1. The van der Waals surface area contributed by atoms with Crippen LogP contribution in [0.1, 0.15) is 44.2 Å². The Morgan fingerprint density at radius 2 is 2.20 bits per heavy atom. The summed E-state index contributed by atoms with van der Waals surface area (Å²) in [5, 5.41) is 13.4. The fraction of sp³-hybridized carbons (Fsp3) is 0.625. The third-order valence-electron chi connectivity index (χ3n) is 4.76. The molecular weight excluding hydrogens is 255 g/mol. The van der Waals surface area contributed by atoms with E-state index in [-0.39, 0.29) is 17.6 Å². The van der Waals surface area contributed by atoms with Gasteiger partial charge >= 0.3 is 0 Å². The Morgan fingerprint density at radius 1 is 1.35 bits per heavy atom. The number of phenols is 1. The molecular formula is C16H23FN2O. The van der Waals surface area contributed by atoms with Gasteiger partial charge in [-0.25, -0.2) is 4.39 Å². The first-order valence-corrected chi connectivity index (χ1v) is 7.62. The molecule has 2 heterocycles. The van der Waals surface area contributed by atoms with E-state index in [2.05, 4.69) is 10.2 Å². The Bertz CT molecular complexity index is 480. The van der Waals surface area contributed by atoms with Crippen LogP contribution in [0.4, 0.5) is 4.39 Å². The lowest BCUT2D eigenvalue weighted by atomic mass is 9.96. The largest absolute Gasteiger partial charge is 0.508 e. The number of aromatic hydroxyl groups is 1. The molecule has 0 saturated carbocycles. The Kier molecular flexibility index (Phi) is 3.94. The van der Waals surface area contributed by atoms with E-state index in [1.807, 2.05) is 6.92 Å². The lowest BCUT2D eigenvalue weighted by molar-refractivity contribution is 0.162. The lowest BCUT2D eigenvalue weighted by Gasteiger charge is -2.36. The van der Waals surface area contributed by atoms with Crippen molar-refractivity contribution in [3.63, 3.8) is 0 Å². The van der Waals surface area contributed by atoms with Crippen molar-refractivity contribution in [3.8, 4) is 5.75 Å². The van der Waals surface area contributed by atoms with E-state index in [9.17, 15) is 9.50 Å². The number of phenolic OH excluding ortho intramolecular Hbond substituents is 1. The first-order valence-electron chi connectivity index (χ1n) is 7.62. The van der Waals surface area contributed by atoms with Crippen LogP contribution in [0.25, 0.3) is 0 Å². The van der Waals surface area contributed by atoms with Crippen molar-refractivity contribution in [2.45, 2.75) is 50.7 Å². The highest BCUT2D eigenvalue weighted by Gasteiger charge is 2.32. The van der Waals surface area contributed by atoms with Crippen LogP contribution in [0.15, 0.2) is 18.2 Å². The minimum absolute atomic E-state index is 0.0244. The van der Waals surface area contributed by atoms with E-state index in [4.69, 9.17) is 0 Å². The zero-order chi connectivity index (χ0) is 14.1.